The number of fused-ring (bicyclic) bond motifs is 1. The van der Waals surface area contributed by atoms with Crippen molar-refractivity contribution in [1.82, 2.24) is 4.57 Å². The normalized spacial score (nSPS) is 10.9. The van der Waals surface area contributed by atoms with E-state index in [0.717, 1.165) is 35.4 Å². The molecule has 1 aromatic heterocycles. The molecule has 0 saturated heterocycles. The van der Waals surface area contributed by atoms with Crippen molar-refractivity contribution in [2.45, 2.75) is 19.9 Å². The van der Waals surface area contributed by atoms with Gasteiger partial charge in [-0.2, -0.15) is 11.8 Å². The second kappa shape index (κ2) is 5.91. The molecule has 0 aliphatic heterocycles. The van der Waals surface area contributed by atoms with Crippen LogP contribution in [0, 0.1) is 10.1 Å². The van der Waals surface area contributed by atoms with Crippen LogP contribution in [0.5, 0.6) is 0 Å². The summed E-state index contributed by atoms with van der Waals surface area (Å²) < 4.78 is 1.99. The number of aromatic nitrogens is 1. The predicted molar refractivity (Wildman–Crippen MR) is 76.2 cm³/mol. The van der Waals surface area contributed by atoms with E-state index in [1.54, 1.807) is 12.1 Å². The molecule has 0 atom stereocenters. The molecule has 5 heteroatoms. The van der Waals surface area contributed by atoms with E-state index >= 15 is 0 Å². The smallest absolute Gasteiger partial charge is 0.293 e. The van der Waals surface area contributed by atoms with Gasteiger partial charge in [-0.1, -0.05) is 19.1 Å². The van der Waals surface area contributed by atoms with Crippen LogP contribution in [-0.4, -0.2) is 21.0 Å². The summed E-state index contributed by atoms with van der Waals surface area (Å²) in [5, 5.41) is 12.0. The molecule has 0 N–H and O–H groups in total. The van der Waals surface area contributed by atoms with Crippen molar-refractivity contribution in [2.75, 3.05) is 11.5 Å². The van der Waals surface area contributed by atoms with Gasteiger partial charge in [-0.15, -0.1) is 0 Å². The Morgan fingerprint density at radius 1 is 1.39 bits per heavy atom. The Hall–Kier alpha value is -1.49. The maximum atomic E-state index is 11.0. The molecule has 96 valence electrons. The minimum Gasteiger partial charge on any atom is -0.342 e. The largest absolute Gasteiger partial charge is 0.342 e. The highest BCUT2D eigenvalue weighted by Gasteiger charge is 2.14. The molecular formula is C13H16N2O2S. The molecule has 18 heavy (non-hydrogen) atoms. The fourth-order valence-corrected chi connectivity index (χ4v) is 2.68. The maximum Gasteiger partial charge on any atom is 0.293 e. The molecule has 0 aliphatic carbocycles. The Bertz CT molecular complexity index is 551. The van der Waals surface area contributed by atoms with E-state index in [9.17, 15) is 10.1 Å². The van der Waals surface area contributed by atoms with E-state index in [1.165, 1.54) is 0 Å². The number of non-ortho nitro benzene ring substituents is 1. The van der Waals surface area contributed by atoms with Crippen molar-refractivity contribution >= 4 is 28.4 Å². The summed E-state index contributed by atoms with van der Waals surface area (Å²) >= 11 is 1.90. The van der Waals surface area contributed by atoms with E-state index in [4.69, 9.17) is 0 Å². The van der Waals surface area contributed by atoms with Gasteiger partial charge in [0.15, 0.2) is 0 Å². The molecule has 0 fully saturated rings. The van der Waals surface area contributed by atoms with Gasteiger partial charge in [0.05, 0.1) is 4.92 Å². The van der Waals surface area contributed by atoms with Crippen molar-refractivity contribution < 1.29 is 4.92 Å². The molecule has 0 radical (unpaired) electrons. The SMILES string of the molecule is CCSCCCn1ccc2cccc([N+](=O)[O-])c21. The molecule has 0 amide bonds. The maximum absolute atomic E-state index is 11.0. The van der Waals surface area contributed by atoms with Crippen LogP contribution in [-0.2, 0) is 6.54 Å². The van der Waals surface area contributed by atoms with Crippen LogP contribution in [0.2, 0.25) is 0 Å². The Morgan fingerprint density at radius 3 is 2.94 bits per heavy atom. The third kappa shape index (κ3) is 2.67. The first-order valence-corrected chi connectivity index (χ1v) is 7.19. The number of nitro groups is 1. The Kier molecular flexibility index (Phi) is 4.25. The number of hydrogen-bond acceptors (Lipinski definition) is 3. The molecule has 0 unspecified atom stereocenters. The topological polar surface area (TPSA) is 48.1 Å². The summed E-state index contributed by atoms with van der Waals surface area (Å²) in [6, 6.07) is 7.16. The zero-order valence-electron chi connectivity index (χ0n) is 10.3. The predicted octanol–water partition coefficient (Wildman–Crippen LogP) is 3.69. The number of hydrogen-bond donors (Lipinski definition) is 0. The van der Waals surface area contributed by atoms with E-state index in [1.807, 2.05) is 34.7 Å². The van der Waals surface area contributed by atoms with E-state index in [2.05, 4.69) is 6.92 Å². The van der Waals surface area contributed by atoms with E-state index < -0.39 is 0 Å². The van der Waals surface area contributed by atoms with Crippen molar-refractivity contribution in [2.24, 2.45) is 0 Å². The molecule has 0 spiro atoms. The van der Waals surface area contributed by atoms with Gasteiger partial charge in [-0.25, -0.2) is 0 Å². The van der Waals surface area contributed by atoms with Gasteiger partial charge < -0.3 is 4.57 Å². The number of para-hydroxylation sites is 1. The lowest BCUT2D eigenvalue weighted by molar-refractivity contribution is -0.383. The summed E-state index contributed by atoms with van der Waals surface area (Å²) in [4.78, 5) is 10.7. The summed E-state index contributed by atoms with van der Waals surface area (Å²) in [5.74, 6) is 2.21. The van der Waals surface area contributed by atoms with Crippen molar-refractivity contribution in [3.05, 3.63) is 40.6 Å². The van der Waals surface area contributed by atoms with Gasteiger partial charge in [0, 0.05) is 24.2 Å². The molecule has 2 rings (SSSR count). The van der Waals surface area contributed by atoms with Crippen LogP contribution in [0.1, 0.15) is 13.3 Å². The van der Waals surface area contributed by atoms with Crippen LogP contribution in [0.25, 0.3) is 10.9 Å². The molecule has 4 nitrogen and oxygen atoms in total. The molecule has 0 bridgehead atoms. The molecule has 2 aromatic rings. The van der Waals surface area contributed by atoms with Gasteiger partial charge in [0.1, 0.15) is 5.52 Å². The quantitative estimate of drug-likeness (QED) is 0.454. The lowest BCUT2D eigenvalue weighted by Crippen LogP contribution is -2.00. The minimum atomic E-state index is -0.306. The third-order valence-corrected chi connectivity index (χ3v) is 3.84. The average molecular weight is 264 g/mol. The fourth-order valence-electron chi connectivity index (χ4n) is 2.06. The molecule has 0 saturated carbocycles. The number of nitrogens with zero attached hydrogens (tertiary/aromatic N) is 2. The van der Waals surface area contributed by atoms with Gasteiger partial charge >= 0.3 is 0 Å². The van der Waals surface area contributed by atoms with E-state index in [0.29, 0.717) is 0 Å². The van der Waals surface area contributed by atoms with Crippen LogP contribution < -0.4 is 0 Å². The first-order valence-electron chi connectivity index (χ1n) is 6.04. The number of thioether (sulfide) groups is 1. The van der Waals surface area contributed by atoms with Crippen LogP contribution in [0.3, 0.4) is 0 Å². The number of rotatable bonds is 6. The third-order valence-electron chi connectivity index (χ3n) is 2.86. The Balaban J connectivity index is 2.25. The lowest BCUT2D eigenvalue weighted by Gasteiger charge is -2.05. The van der Waals surface area contributed by atoms with E-state index in [-0.39, 0.29) is 10.6 Å². The molecular weight excluding hydrogens is 248 g/mol. The monoisotopic (exact) mass is 264 g/mol. The van der Waals surface area contributed by atoms with Gasteiger partial charge in [-0.05, 0) is 24.0 Å². The molecule has 0 aliphatic rings. The number of benzene rings is 1. The highest BCUT2D eigenvalue weighted by Crippen LogP contribution is 2.26. The van der Waals surface area contributed by atoms with Gasteiger partial charge in [0.2, 0.25) is 0 Å². The van der Waals surface area contributed by atoms with Crippen molar-refractivity contribution in [1.29, 1.82) is 0 Å². The highest BCUT2D eigenvalue weighted by molar-refractivity contribution is 7.99. The average Bonchev–Trinajstić information content (AvgIpc) is 2.77. The zero-order chi connectivity index (χ0) is 13.0. The second-order valence-electron chi connectivity index (χ2n) is 4.03. The Labute approximate surface area is 110 Å². The molecule has 1 heterocycles. The summed E-state index contributed by atoms with van der Waals surface area (Å²) in [6.07, 6.45) is 2.97. The first kappa shape index (κ1) is 13.0. The van der Waals surface area contributed by atoms with Crippen LogP contribution in [0.4, 0.5) is 5.69 Å². The Morgan fingerprint density at radius 2 is 2.22 bits per heavy atom. The minimum absolute atomic E-state index is 0.195. The van der Waals surface area contributed by atoms with Crippen molar-refractivity contribution in [3.63, 3.8) is 0 Å². The van der Waals surface area contributed by atoms with Gasteiger partial charge in [-0.3, -0.25) is 10.1 Å². The second-order valence-corrected chi connectivity index (χ2v) is 5.43. The number of nitro benzene ring substituents is 1. The zero-order valence-corrected chi connectivity index (χ0v) is 11.2. The van der Waals surface area contributed by atoms with Crippen LogP contribution >= 0.6 is 11.8 Å². The standard InChI is InChI=1S/C13H16N2O2S/c1-2-18-10-4-8-14-9-7-11-5-3-6-12(13(11)14)15(16)17/h3,5-7,9H,2,4,8,10H2,1H3. The number of aryl methyl sites for hydroxylation is 1. The summed E-state index contributed by atoms with van der Waals surface area (Å²) in [6.45, 7) is 2.97. The fraction of sp³-hybridized carbons (Fsp3) is 0.385. The highest BCUT2D eigenvalue weighted by atomic mass is 32.2. The summed E-state index contributed by atoms with van der Waals surface area (Å²) in [7, 11) is 0. The van der Waals surface area contributed by atoms with Crippen molar-refractivity contribution in [3.8, 4) is 0 Å². The first-order chi connectivity index (χ1) is 8.74. The van der Waals surface area contributed by atoms with Gasteiger partial charge in [0.25, 0.3) is 5.69 Å². The summed E-state index contributed by atoms with van der Waals surface area (Å²) in [5.41, 5.74) is 0.935. The molecule has 1 aromatic carbocycles. The lowest BCUT2D eigenvalue weighted by atomic mass is 10.2. The van der Waals surface area contributed by atoms with Crippen LogP contribution in [0.15, 0.2) is 30.5 Å².